The third-order valence-corrected chi connectivity index (χ3v) is 5.87. The van der Waals surface area contributed by atoms with Crippen molar-refractivity contribution in [2.75, 3.05) is 26.2 Å². The normalized spacial score (nSPS) is 14.3. The lowest BCUT2D eigenvalue weighted by molar-refractivity contribution is 0.0907. The zero-order chi connectivity index (χ0) is 24.1. The largest absolute Gasteiger partial charge is 0.352 e. The molecular weight excluding hydrogens is 438 g/mol. The molecule has 1 fully saturated rings. The number of amides is 1. The van der Waals surface area contributed by atoms with Gasteiger partial charge in [0.1, 0.15) is 0 Å². The molecule has 0 unspecified atom stereocenters. The quantitative estimate of drug-likeness (QED) is 0.492. The first-order valence-electron chi connectivity index (χ1n) is 11.6. The molecule has 0 spiro atoms. The Labute approximate surface area is 196 Å². The number of carbonyl (C=O) groups is 1. The molecule has 1 aliphatic rings. The van der Waals surface area contributed by atoms with Gasteiger partial charge in [-0.1, -0.05) is 29.3 Å². The number of carbonyl (C=O) groups excluding carboxylic acids is 1. The molecule has 1 aromatic carbocycles. The van der Waals surface area contributed by atoms with Crippen molar-refractivity contribution in [3.8, 4) is 17.2 Å². The Bertz CT molecular complexity index is 1250. The molecule has 3 heterocycles. The zero-order valence-electron chi connectivity index (χ0n) is 19.5. The highest BCUT2D eigenvalue weighted by Gasteiger charge is 2.22. The molecule has 1 N–H and O–H groups in total. The summed E-state index contributed by atoms with van der Waals surface area (Å²) in [6.07, 6.45) is 4.55. The van der Waals surface area contributed by atoms with Crippen LogP contribution in [0.4, 0.5) is 0 Å². The third kappa shape index (κ3) is 5.14. The summed E-state index contributed by atoms with van der Waals surface area (Å²) < 4.78 is 7.25. The van der Waals surface area contributed by atoms with E-state index in [1.54, 1.807) is 19.1 Å². The minimum absolute atomic E-state index is 0.140. The van der Waals surface area contributed by atoms with E-state index in [1.807, 2.05) is 19.1 Å². The van der Waals surface area contributed by atoms with Crippen molar-refractivity contribution in [3.05, 3.63) is 56.6 Å². The van der Waals surface area contributed by atoms with E-state index in [1.165, 1.54) is 19.3 Å². The fourth-order valence-electron chi connectivity index (χ4n) is 3.96. The molecular formula is C23H29N7O4. The van der Waals surface area contributed by atoms with Crippen LogP contribution in [0.3, 0.4) is 0 Å². The summed E-state index contributed by atoms with van der Waals surface area (Å²) in [7, 11) is 0. The summed E-state index contributed by atoms with van der Waals surface area (Å²) in [5.74, 6) is -0.920. The van der Waals surface area contributed by atoms with Gasteiger partial charge >= 0.3 is 17.5 Å². The molecule has 34 heavy (non-hydrogen) atoms. The SMILES string of the molecule is CCn1c(=O)c(-c2noc(C(=O)NCCCN3CCCCC3)n2)nn(-c2ccc(C)cc2)c1=O. The topological polar surface area (TPSA) is 128 Å². The molecule has 0 saturated carbocycles. The predicted molar refractivity (Wildman–Crippen MR) is 125 cm³/mol. The van der Waals surface area contributed by atoms with Crippen LogP contribution in [0.1, 0.15) is 48.9 Å². The lowest BCUT2D eigenvalue weighted by Gasteiger charge is -2.26. The second-order valence-electron chi connectivity index (χ2n) is 8.36. The summed E-state index contributed by atoms with van der Waals surface area (Å²) in [6, 6.07) is 7.15. The Balaban J connectivity index is 1.51. The van der Waals surface area contributed by atoms with Crippen LogP contribution in [0.5, 0.6) is 0 Å². The second-order valence-corrected chi connectivity index (χ2v) is 8.36. The standard InChI is InChI=1S/C23H29N7O4/c1-3-29-22(32)18(26-30(23(29)33)17-10-8-16(2)9-11-17)19-25-21(34-27-19)20(31)24-12-7-15-28-13-5-4-6-14-28/h8-11H,3-7,12-15H2,1-2H3,(H,24,31). The van der Waals surface area contributed by atoms with Crippen LogP contribution < -0.4 is 16.6 Å². The maximum atomic E-state index is 12.9. The maximum absolute atomic E-state index is 12.9. The van der Waals surface area contributed by atoms with Gasteiger partial charge in [-0.15, -0.1) is 0 Å². The molecule has 1 saturated heterocycles. The summed E-state index contributed by atoms with van der Waals surface area (Å²) in [5.41, 5.74) is 0.121. The van der Waals surface area contributed by atoms with Crippen molar-refractivity contribution in [2.45, 2.75) is 46.1 Å². The van der Waals surface area contributed by atoms with Gasteiger partial charge in [-0.2, -0.15) is 14.8 Å². The van der Waals surface area contributed by atoms with Gasteiger partial charge in [-0.3, -0.25) is 14.2 Å². The Hall–Kier alpha value is -3.60. The van der Waals surface area contributed by atoms with Crippen LogP contribution in [-0.2, 0) is 6.54 Å². The number of nitrogens with zero attached hydrogens (tertiary/aromatic N) is 6. The van der Waals surface area contributed by atoms with E-state index in [0.717, 1.165) is 40.9 Å². The lowest BCUT2D eigenvalue weighted by Crippen LogP contribution is -2.41. The number of aromatic nitrogens is 5. The molecule has 0 atom stereocenters. The van der Waals surface area contributed by atoms with Crippen molar-refractivity contribution in [1.29, 1.82) is 0 Å². The fourth-order valence-corrected chi connectivity index (χ4v) is 3.96. The highest BCUT2D eigenvalue weighted by molar-refractivity contribution is 5.89. The monoisotopic (exact) mass is 467 g/mol. The number of likely N-dealkylation sites (tertiary alicyclic amines) is 1. The maximum Gasteiger partial charge on any atom is 0.352 e. The van der Waals surface area contributed by atoms with Crippen LogP contribution in [0.2, 0.25) is 0 Å². The number of nitrogens with one attached hydrogen (secondary N) is 1. The van der Waals surface area contributed by atoms with E-state index >= 15 is 0 Å². The minimum atomic E-state index is -0.648. The Morgan fingerprint density at radius 2 is 1.85 bits per heavy atom. The van der Waals surface area contributed by atoms with Crippen molar-refractivity contribution >= 4 is 5.91 Å². The highest BCUT2D eigenvalue weighted by atomic mass is 16.5. The number of aryl methyl sites for hydroxylation is 1. The molecule has 2 aromatic heterocycles. The van der Waals surface area contributed by atoms with Crippen LogP contribution >= 0.6 is 0 Å². The number of rotatable bonds is 8. The van der Waals surface area contributed by atoms with Crippen molar-refractivity contribution in [1.82, 2.24) is 34.7 Å². The van der Waals surface area contributed by atoms with Gasteiger partial charge in [-0.25, -0.2) is 4.79 Å². The molecule has 0 radical (unpaired) electrons. The molecule has 0 bridgehead atoms. The Morgan fingerprint density at radius 1 is 1.12 bits per heavy atom. The first kappa shape index (κ1) is 23.6. The first-order chi connectivity index (χ1) is 16.5. The lowest BCUT2D eigenvalue weighted by atomic mass is 10.1. The van der Waals surface area contributed by atoms with E-state index < -0.39 is 17.2 Å². The fraction of sp³-hybridized carbons (Fsp3) is 0.478. The van der Waals surface area contributed by atoms with Crippen LogP contribution in [0.15, 0.2) is 38.4 Å². The van der Waals surface area contributed by atoms with Gasteiger partial charge in [-0.05, 0) is 64.9 Å². The first-order valence-corrected chi connectivity index (χ1v) is 11.6. The highest BCUT2D eigenvalue weighted by Crippen LogP contribution is 2.11. The summed E-state index contributed by atoms with van der Waals surface area (Å²) in [5, 5.41) is 10.7. The van der Waals surface area contributed by atoms with Crippen molar-refractivity contribution in [3.63, 3.8) is 0 Å². The smallest absolute Gasteiger partial charge is 0.348 e. The number of benzene rings is 1. The molecule has 1 amide bonds. The third-order valence-electron chi connectivity index (χ3n) is 5.87. The zero-order valence-corrected chi connectivity index (χ0v) is 19.5. The number of piperidine rings is 1. The van der Waals surface area contributed by atoms with Gasteiger partial charge in [0.05, 0.1) is 5.69 Å². The van der Waals surface area contributed by atoms with Crippen molar-refractivity contribution < 1.29 is 9.32 Å². The number of hydrogen-bond acceptors (Lipinski definition) is 8. The van der Waals surface area contributed by atoms with E-state index in [9.17, 15) is 14.4 Å². The summed E-state index contributed by atoms with van der Waals surface area (Å²) in [4.78, 5) is 44.6. The molecule has 11 nitrogen and oxygen atoms in total. The second kappa shape index (κ2) is 10.6. The molecule has 180 valence electrons. The van der Waals surface area contributed by atoms with Gasteiger partial charge < -0.3 is 14.7 Å². The van der Waals surface area contributed by atoms with Gasteiger partial charge in [0, 0.05) is 13.1 Å². The van der Waals surface area contributed by atoms with Gasteiger partial charge in [0.15, 0.2) is 5.69 Å². The molecule has 3 aromatic rings. The molecule has 1 aliphatic heterocycles. The van der Waals surface area contributed by atoms with Crippen LogP contribution in [-0.4, -0.2) is 61.5 Å². The molecule has 11 heteroatoms. The Morgan fingerprint density at radius 3 is 2.56 bits per heavy atom. The Kier molecular flexibility index (Phi) is 7.31. The summed E-state index contributed by atoms with van der Waals surface area (Å²) >= 11 is 0. The van der Waals surface area contributed by atoms with E-state index in [0.29, 0.717) is 12.2 Å². The average molecular weight is 468 g/mol. The van der Waals surface area contributed by atoms with Crippen LogP contribution in [0.25, 0.3) is 17.2 Å². The van der Waals surface area contributed by atoms with E-state index in [2.05, 4.69) is 25.5 Å². The van der Waals surface area contributed by atoms with E-state index in [4.69, 9.17) is 4.52 Å². The molecule has 0 aliphatic carbocycles. The van der Waals surface area contributed by atoms with Crippen molar-refractivity contribution in [2.24, 2.45) is 0 Å². The summed E-state index contributed by atoms with van der Waals surface area (Å²) in [6.45, 7) is 7.37. The average Bonchev–Trinajstić information content (AvgIpc) is 3.34. The molecule has 4 rings (SSSR count). The minimum Gasteiger partial charge on any atom is -0.348 e. The number of hydrogen-bond donors (Lipinski definition) is 1. The predicted octanol–water partition coefficient (Wildman–Crippen LogP) is 1.38. The van der Waals surface area contributed by atoms with E-state index in [-0.39, 0.29) is 24.0 Å². The van der Waals surface area contributed by atoms with Gasteiger partial charge in [0.2, 0.25) is 5.82 Å². The van der Waals surface area contributed by atoms with Gasteiger partial charge in [0.25, 0.3) is 5.56 Å². The van der Waals surface area contributed by atoms with Crippen LogP contribution in [0, 0.1) is 6.92 Å².